The summed E-state index contributed by atoms with van der Waals surface area (Å²) >= 11 is 0. The predicted octanol–water partition coefficient (Wildman–Crippen LogP) is -1.99. The molecule has 0 saturated carbocycles. The van der Waals surface area contributed by atoms with Crippen LogP contribution in [0.3, 0.4) is 0 Å². The summed E-state index contributed by atoms with van der Waals surface area (Å²) in [5.41, 5.74) is 0.204. The molecule has 17 heteroatoms. The van der Waals surface area contributed by atoms with E-state index in [1.165, 1.54) is 0 Å². The van der Waals surface area contributed by atoms with Gasteiger partial charge >= 0.3 is 59.1 Å². The Morgan fingerprint density at radius 1 is 0.907 bits per heavy atom. The average molecular weight is 651 g/mol. The number of anilines is 1. The van der Waals surface area contributed by atoms with Gasteiger partial charge < -0.3 is 20.9 Å². The van der Waals surface area contributed by atoms with E-state index in [4.69, 9.17) is 5.41 Å². The number of aryl methyl sites for hydroxylation is 1. The third-order valence-corrected chi connectivity index (χ3v) is 7.81. The molecule has 3 aromatic carbocycles. The molecular formula is C26H28N4Na2O9S2. The number of hydrogen-bond acceptors (Lipinski definition) is 10. The number of rotatable bonds is 13. The van der Waals surface area contributed by atoms with Crippen molar-refractivity contribution in [3.8, 4) is 5.75 Å². The summed E-state index contributed by atoms with van der Waals surface area (Å²) in [5, 5.41) is 40.3. The summed E-state index contributed by atoms with van der Waals surface area (Å²) < 4.78 is 67.9. The number of azo groups is 1. The van der Waals surface area contributed by atoms with E-state index in [2.05, 4.69) is 15.5 Å². The Morgan fingerprint density at radius 3 is 2.09 bits per heavy atom. The fraction of sp³-hybridized carbons (Fsp3) is 0.308. The van der Waals surface area contributed by atoms with Gasteiger partial charge in [-0.3, -0.25) is 13.9 Å². The fourth-order valence-electron chi connectivity index (χ4n) is 4.11. The molecule has 0 unspecified atom stereocenters. The van der Waals surface area contributed by atoms with Crippen LogP contribution in [0.2, 0.25) is 0 Å². The third-order valence-electron chi connectivity index (χ3n) is 6.03. The number of carbonyl (C=O) groups excluding carboxylic acids is 1. The normalized spacial score (nSPS) is 11.6. The molecule has 0 aliphatic rings. The van der Waals surface area contributed by atoms with Gasteiger partial charge in [0.1, 0.15) is 9.79 Å². The van der Waals surface area contributed by atoms with Gasteiger partial charge in [-0.1, -0.05) is 31.2 Å². The van der Waals surface area contributed by atoms with Crippen LogP contribution in [0.4, 0.5) is 17.1 Å². The van der Waals surface area contributed by atoms with E-state index < -0.39 is 64.0 Å². The molecule has 0 aliphatic heterocycles. The fourth-order valence-corrected chi connectivity index (χ4v) is 5.43. The molecule has 3 aromatic rings. The number of carbonyl (C=O) groups is 1. The van der Waals surface area contributed by atoms with Gasteiger partial charge in [0, 0.05) is 22.9 Å². The molecule has 43 heavy (non-hydrogen) atoms. The molecule has 0 fully saturated rings. The second-order valence-corrected chi connectivity index (χ2v) is 12.0. The van der Waals surface area contributed by atoms with Gasteiger partial charge in [-0.25, -0.2) is 0 Å². The number of benzene rings is 3. The largest absolute Gasteiger partial charge is 1.00 e. The summed E-state index contributed by atoms with van der Waals surface area (Å²) in [7, 11) is -10.1. The van der Waals surface area contributed by atoms with E-state index in [-0.39, 0.29) is 83.3 Å². The number of nitrogens with one attached hydrogen (secondary N) is 2. The Kier molecular flexibility index (Phi) is 15.4. The first-order valence-electron chi connectivity index (χ1n) is 12.5. The van der Waals surface area contributed by atoms with Crippen molar-refractivity contribution in [1.29, 1.82) is 5.41 Å². The molecule has 0 aliphatic carbocycles. The zero-order valence-corrected chi connectivity index (χ0v) is 29.6. The molecule has 0 bridgehead atoms. The number of amides is 1. The van der Waals surface area contributed by atoms with Gasteiger partial charge in [-0.2, -0.15) is 21.9 Å². The average Bonchev–Trinajstić information content (AvgIpc) is 2.87. The number of fused-ring (bicyclic) bond motifs is 1. The van der Waals surface area contributed by atoms with Crippen molar-refractivity contribution in [2.75, 3.05) is 5.32 Å². The second-order valence-electron chi connectivity index (χ2n) is 9.18. The molecular weight excluding hydrogens is 622 g/mol. The van der Waals surface area contributed by atoms with Crippen molar-refractivity contribution >= 4 is 59.9 Å². The Bertz CT molecular complexity index is 1710. The molecule has 0 radical (unpaired) electrons. The zero-order chi connectivity index (χ0) is 30.4. The van der Waals surface area contributed by atoms with Crippen LogP contribution in [0.25, 0.3) is 10.8 Å². The van der Waals surface area contributed by atoms with Crippen molar-refractivity contribution in [3.05, 3.63) is 48.0 Å². The Balaban J connectivity index is 0.00000462. The van der Waals surface area contributed by atoms with Crippen molar-refractivity contribution in [2.45, 2.75) is 61.7 Å². The van der Waals surface area contributed by atoms with E-state index in [0.29, 0.717) is 25.3 Å². The van der Waals surface area contributed by atoms with E-state index in [1.54, 1.807) is 31.2 Å². The molecule has 0 aromatic heterocycles. The van der Waals surface area contributed by atoms with Crippen LogP contribution in [0.1, 0.15) is 51.0 Å². The molecule has 3 rings (SSSR count). The first kappa shape index (κ1) is 39.1. The molecule has 220 valence electrons. The van der Waals surface area contributed by atoms with Crippen LogP contribution in [0, 0.1) is 5.41 Å². The van der Waals surface area contributed by atoms with Gasteiger partial charge in [-0.15, -0.1) is 5.11 Å². The second kappa shape index (κ2) is 17.0. The van der Waals surface area contributed by atoms with Crippen molar-refractivity contribution in [1.82, 2.24) is 0 Å². The molecule has 1 amide bonds. The number of unbranched alkanes of at least 4 members (excludes halogenated alkanes) is 2. The molecule has 0 atom stereocenters. The maximum Gasteiger partial charge on any atom is 1.00 e. The monoisotopic (exact) mass is 650 g/mol. The Labute approximate surface area is 293 Å². The smallest absolute Gasteiger partial charge is 0.870 e. The quantitative estimate of drug-likeness (QED) is 0.0400. The molecule has 0 heterocycles. The van der Waals surface area contributed by atoms with Crippen LogP contribution < -0.4 is 74.6 Å². The predicted molar refractivity (Wildman–Crippen MR) is 147 cm³/mol. The summed E-state index contributed by atoms with van der Waals surface area (Å²) in [5.74, 6) is -2.25. The van der Waals surface area contributed by atoms with E-state index in [1.807, 2.05) is 0 Å². The summed E-state index contributed by atoms with van der Waals surface area (Å²) in [6.45, 7) is 1.74. The van der Waals surface area contributed by atoms with E-state index in [9.17, 15) is 40.9 Å². The summed E-state index contributed by atoms with van der Waals surface area (Å²) in [4.78, 5) is 10.4. The van der Waals surface area contributed by atoms with Crippen LogP contribution in [-0.2, 0) is 31.5 Å². The SMILES string of the molecule is CCCC(=O)Nc1ccc(S(=O)(=O)O)c2cc(S(=O)(=O)O)c(N=Nc3ccc(CCCCCC(=N)[O-])cc3)c([O-])c12.[Na+].[Na+]. The first-order valence-corrected chi connectivity index (χ1v) is 15.4. The number of hydrogen-bond donors (Lipinski definition) is 4. The minimum atomic E-state index is -5.14. The van der Waals surface area contributed by atoms with E-state index in [0.717, 1.165) is 30.5 Å². The first-order chi connectivity index (χ1) is 19.2. The maximum atomic E-state index is 13.5. The zero-order valence-electron chi connectivity index (χ0n) is 24.0. The minimum Gasteiger partial charge on any atom is -0.870 e. The van der Waals surface area contributed by atoms with Crippen molar-refractivity contribution in [2.24, 2.45) is 10.2 Å². The molecule has 0 saturated heterocycles. The topological polar surface area (TPSA) is 233 Å². The Morgan fingerprint density at radius 2 is 1.53 bits per heavy atom. The molecule has 13 nitrogen and oxygen atoms in total. The van der Waals surface area contributed by atoms with Gasteiger partial charge in [0.25, 0.3) is 20.2 Å². The molecule has 4 N–H and O–H groups in total. The van der Waals surface area contributed by atoms with Crippen LogP contribution in [0.5, 0.6) is 5.75 Å². The van der Waals surface area contributed by atoms with E-state index >= 15 is 0 Å². The Hall–Kier alpha value is -1.92. The van der Waals surface area contributed by atoms with Crippen molar-refractivity contribution in [3.63, 3.8) is 0 Å². The van der Waals surface area contributed by atoms with Crippen LogP contribution >= 0.6 is 0 Å². The van der Waals surface area contributed by atoms with Gasteiger partial charge in [-0.05, 0) is 73.9 Å². The maximum absolute atomic E-state index is 13.5. The van der Waals surface area contributed by atoms with Gasteiger partial charge in [0.15, 0.2) is 0 Å². The van der Waals surface area contributed by atoms with Gasteiger partial charge in [0.2, 0.25) is 5.91 Å². The van der Waals surface area contributed by atoms with Crippen LogP contribution in [-0.4, -0.2) is 37.7 Å². The third kappa shape index (κ3) is 10.9. The standard InChI is InChI=1S/C26H30N4O9S2.2Na/c1-2-6-23(32)28-19-13-14-20(40(34,35)36)18-15-21(41(37,38)39)25(26(33)24(18)19)30-29-17-11-9-16(10-12-17)7-4-3-5-8-22(27)31;;/h9-15,33H,2-8H2,1H3,(H2,27,31)(H,28,32)(H,34,35,36)(H,37,38,39);;/q;2*+1/p-2. The minimum absolute atomic E-state index is 0. The van der Waals surface area contributed by atoms with Crippen LogP contribution in [0.15, 0.2) is 62.5 Å². The van der Waals surface area contributed by atoms with Crippen molar-refractivity contribution < 1.29 is 100 Å². The summed E-state index contributed by atoms with van der Waals surface area (Å²) in [6.07, 6.45) is 3.66. The van der Waals surface area contributed by atoms with Gasteiger partial charge in [0.05, 0.1) is 11.4 Å². The number of nitrogens with zero attached hydrogens (tertiary/aromatic N) is 2. The molecule has 0 spiro atoms. The summed E-state index contributed by atoms with van der Waals surface area (Å²) in [6, 6.07) is 9.27.